The zero-order chi connectivity index (χ0) is 21.9. The average molecular weight is 412 g/mol. The Labute approximate surface area is 177 Å². The molecule has 0 aliphatic carbocycles. The third-order valence-electron chi connectivity index (χ3n) is 4.20. The van der Waals surface area contributed by atoms with Gasteiger partial charge in [-0.05, 0) is 60.9 Å². The molecule has 3 N–H and O–H groups in total. The summed E-state index contributed by atoms with van der Waals surface area (Å²) < 4.78 is 5.56. The molecule has 2 aromatic rings. The number of amides is 3. The minimum absolute atomic E-state index is 0.0729. The minimum atomic E-state index is -0.456. The van der Waals surface area contributed by atoms with Crippen LogP contribution >= 0.6 is 0 Å². The SMILES string of the molecule is CCCCOc1ccc(C(=O)NNC(=O)c2ccc(NC(=O)CC(C)C)cc2)cc1. The maximum absolute atomic E-state index is 12.2. The molecule has 0 heterocycles. The molecule has 7 heteroatoms. The lowest BCUT2D eigenvalue weighted by atomic mass is 10.1. The normalized spacial score (nSPS) is 10.4. The van der Waals surface area contributed by atoms with Gasteiger partial charge in [-0.25, -0.2) is 0 Å². The van der Waals surface area contributed by atoms with Crippen molar-refractivity contribution < 1.29 is 19.1 Å². The molecule has 0 saturated heterocycles. The molecule has 0 saturated carbocycles. The van der Waals surface area contributed by atoms with Gasteiger partial charge in [0.2, 0.25) is 5.91 Å². The number of hydrazine groups is 1. The highest BCUT2D eigenvalue weighted by atomic mass is 16.5. The Bertz CT molecular complexity index is 846. The number of hydrogen-bond donors (Lipinski definition) is 3. The van der Waals surface area contributed by atoms with E-state index in [4.69, 9.17) is 4.74 Å². The van der Waals surface area contributed by atoms with E-state index in [1.165, 1.54) is 0 Å². The summed E-state index contributed by atoms with van der Waals surface area (Å²) in [7, 11) is 0. The number of ether oxygens (including phenoxy) is 1. The molecular weight excluding hydrogens is 382 g/mol. The smallest absolute Gasteiger partial charge is 0.269 e. The van der Waals surface area contributed by atoms with Gasteiger partial charge >= 0.3 is 0 Å². The average Bonchev–Trinajstić information content (AvgIpc) is 2.72. The lowest BCUT2D eigenvalue weighted by Gasteiger charge is -2.10. The molecular formula is C23H29N3O4. The van der Waals surface area contributed by atoms with Gasteiger partial charge in [-0.1, -0.05) is 27.2 Å². The fourth-order valence-corrected chi connectivity index (χ4v) is 2.58. The van der Waals surface area contributed by atoms with E-state index in [0.717, 1.165) is 12.8 Å². The van der Waals surface area contributed by atoms with Crippen LogP contribution in [0.15, 0.2) is 48.5 Å². The van der Waals surface area contributed by atoms with Gasteiger partial charge < -0.3 is 10.1 Å². The number of nitrogens with one attached hydrogen (secondary N) is 3. The number of unbranched alkanes of at least 4 members (excludes halogenated alkanes) is 1. The molecule has 7 nitrogen and oxygen atoms in total. The Balaban J connectivity index is 1.83. The molecule has 0 fully saturated rings. The third-order valence-corrected chi connectivity index (χ3v) is 4.20. The van der Waals surface area contributed by atoms with Crippen LogP contribution in [0.25, 0.3) is 0 Å². The second kappa shape index (κ2) is 11.6. The first-order chi connectivity index (χ1) is 14.4. The van der Waals surface area contributed by atoms with E-state index >= 15 is 0 Å². The highest BCUT2D eigenvalue weighted by molar-refractivity contribution is 5.99. The van der Waals surface area contributed by atoms with Gasteiger partial charge in [-0.3, -0.25) is 25.2 Å². The van der Waals surface area contributed by atoms with Gasteiger partial charge in [-0.15, -0.1) is 0 Å². The van der Waals surface area contributed by atoms with Crippen molar-refractivity contribution in [2.45, 2.75) is 40.0 Å². The molecule has 0 atom stereocenters. The fraction of sp³-hybridized carbons (Fsp3) is 0.348. The summed E-state index contributed by atoms with van der Waals surface area (Å²) in [6, 6.07) is 13.2. The molecule has 3 amide bonds. The lowest BCUT2D eigenvalue weighted by Crippen LogP contribution is -2.41. The van der Waals surface area contributed by atoms with Gasteiger partial charge in [0.15, 0.2) is 0 Å². The zero-order valence-corrected chi connectivity index (χ0v) is 17.7. The highest BCUT2D eigenvalue weighted by Crippen LogP contribution is 2.13. The van der Waals surface area contributed by atoms with E-state index in [-0.39, 0.29) is 11.8 Å². The Hall–Kier alpha value is -3.35. The highest BCUT2D eigenvalue weighted by Gasteiger charge is 2.10. The molecule has 0 unspecified atom stereocenters. The molecule has 2 rings (SSSR count). The van der Waals surface area contributed by atoms with Gasteiger partial charge in [0, 0.05) is 23.2 Å². The minimum Gasteiger partial charge on any atom is -0.494 e. The molecule has 0 aliphatic heterocycles. The van der Waals surface area contributed by atoms with Crippen LogP contribution in [0.1, 0.15) is 60.7 Å². The van der Waals surface area contributed by atoms with E-state index in [1.54, 1.807) is 48.5 Å². The first-order valence-corrected chi connectivity index (χ1v) is 10.1. The van der Waals surface area contributed by atoms with Crippen LogP contribution in [0, 0.1) is 5.92 Å². The predicted octanol–water partition coefficient (Wildman–Crippen LogP) is 3.92. The van der Waals surface area contributed by atoms with E-state index < -0.39 is 11.8 Å². The first-order valence-electron chi connectivity index (χ1n) is 10.1. The van der Waals surface area contributed by atoms with Crippen LogP contribution in [-0.2, 0) is 4.79 Å². The Morgan fingerprint density at radius 2 is 1.40 bits per heavy atom. The van der Waals surface area contributed by atoms with Crippen molar-refractivity contribution in [3.63, 3.8) is 0 Å². The molecule has 0 aliphatic rings. The number of rotatable bonds is 9. The van der Waals surface area contributed by atoms with Gasteiger partial charge in [-0.2, -0.15) is 0 Å². The fourth-order valence-electron chi connectivity index (χ4n) is 2.58. The van der Waals surface area contributed by atoms with Crippen LogP contribution in [0.2, 0.25) is 0 Å². The predicted molar refractivity (Wildman–Crippen MR) is 116 cm³/mol. The number of hydrogen-bond acceptors (Lipinski definition) is 4. The summed E-state index contributed by atoms with van der Waals surface area (Å²) >= 11 is 0. The Morgan fingerprint density at radius 3 is 1.90 bits per heavy atom. The van der Waals surface area contributed by atoms with Crippen molar-refractivity contribution in [1.82, 2.24) is 10.9 Å². The quantitative estimate of drug-likeness (QED) is 0.430. The van der Waals surface area contributed by atoms with Crippen molar-refractivity contribution in [3.8, 4) is 5.75 Å². The maximum Gasteiger partial charge on any atom is 0.269 e. The summed E-state index contributed by atoms with van der Waals surface area (Å²) in [5, 5.41) is 2.78. The lowest BCUT2D eigenvalue weighted by molar-refractivity contribution is -0.116. The molecule has 0 spiro atoms. The topological polar surface area (TPSA) is 96.5 Å². The van der Waals surface area contributed by atoms with Gasteiger partial charge in [0.1, 0.15) is 5.75 Å². The maximum atomic E-state index is 12.2. The second-order valence-electron chi connectivity index (χ2n) is 7.36. The first kappa shape index (κ1) is 22.9. The summed E-state index contributed by atoms with van der Waals surface area (Å²) in [6.07, 6.45) is 2.45. The van der Waals surface area contributed by atoms with Gasteiger partial charge in [0.25, 0.3) is 11.8 Å². The number of anilines is 1. The van der Waals surface area contributed by atoms with Gasteiger partial charge in [0.05, 0.1) is 6.61 Å². The molecule has 2 aromatic carbocycles. The largest absolute Gasteiger partial charge is 0.494 e. The van der Waals surface area contributed by atoms with Crippen LogP contribution in [0.5, 0.6) is 5.75 Å². The van der Waals surface area contributed by atoms with E-state index in [2.05, 4.69) is 23.1 Å². The number of carbonyl (C=O) groups excluding carboxylic acids is 3. The van der Waals surface area contributed by atoms with E-state index in [9.17, 15) is 14.4 Å². The molecule has 0 radical (unpaired) electrons. The summed E-state index contributed by atoms with van der Waals surface area (Å²) in [5.41, 5.74) is 6.15. The van der Waals surface area contributed by atoms with Crippen LogP contribution in [0.4, 0.5) is 5.69 Å². The standard InChI is InChI=1S/C23H29N3O4/c1-4-5-14-30-20-12-8-18(9-13-20)23(29)26-25-22(28)17-6-10-19(11-7-17)24-21(27)15-16(2)3/h6-13,16H,4-5,14-15H2,1-3H3,(H,24,27)(H,25,28)(H,26,29). The molecule has 160 valence electrons. The third kappa shape index (κ3) is 7.58. The van der Waals surface area contributed by atoms with Crippen LogP contribution in [0.3, 0.4) is 0 Å². The van der Waals surface area contributed by atoms with E-state index in [1.807, 2.05) is 13.8 Å². The van der Waals surface area contributed by atoms with Crippen LogP contribution in [-0.4, -0.2) is 24.3 Å². The second-order valence-corrected chi connectivity index (χ2v) is 7.36. The van der Waals surface area contributed by atoms with Crippen molar-refractivity contribution in [1.29, 1.82) is 0 Å². The summed E-state index contributed by atoms with van der Waals surface area (Å²) in [4.78, 5) is 36.2. The van der Waals surface area contributed by atoms with Crippen molar-refractivity contribution >= 4 is 23.4 Å². The number of benzene rings is 2. The van der Waals surface area contributed by atoms with Crippen molar-refractivity contribution in [2.75, 3.05) is 11.9 Å². The molecule has 0 aromatic heterocycles. The number of carbonyl (C=O) groups is 3. The van der Waals surface area contributed by atoms with E-state index in [0.29, 0.717) is 35.6 Å². The zero-order valence-electron chi connectivity index (χ0n) is 17.7. The monoisotopic (exact) mass is 411 g/mol. The molecule has 30 heavy (non-hydrogen) atoms. The van der Waals surface area contributed by atoms with Crippen LogP contribution < -0.4 is 20.9 Å². The van der Waals surface area contributed by atoms with Crippen molar-refractivity contribution in [3.05, 3.63) is 59.7 Å². The Morgan fingerprint density at radius 1 is 0.867 bits per heavy atom. The van der Waals surface area contributed by atoms with Crippen molar-refractivity contribution in [2.24, 2.45) is 5.92 Å². The Kier molecular flexibility index (Phi) is 8.87. The summed E-state index contributed by atoms with van der Waals surface area (Å²) in [5.74, 6) is 0.00765. The summed E-state index contributed by atoms with van der Waals surface area (Å²) in [6.45, 7) is 6.66. The molecule has 0 bridgehead atoms.